The zero-order valence-corrected chi connectivity index (χ0v) is 7.98. The number of rotatable bonds is 1. The fourth-order valence-electron chi connectivity index (χ4n) is 1.52. The van der Waals surface area contributed by atoms with Crippen LogP contribution in [0.3, 0.4) is 0 Å². The quantitative estimate of drug-likeness (QED) is 0.743. The number of imidazole rings is 1. The molecular formula is C10H10N2O2. The van der Waals surface area contributed by atoms with Gasteiger partial charge in [-0.15, -0.1) is 0 Å². The number of carbonyl (C=O) groups is 1. The Balaban J connectivity index is 2.85. The third-order valence-electron chi connectivity index (χ3n) is 2.04. The molecule has 0 atom stereocenters. The molecule has 0 fully saturated rings. The zero-order valence-electron chi connectivity index (χ0n) is 7.98. The van der Waals surface area contributed by atoms with E-state index in [1.54, 1.807) is 10.5 Å². The van der Waals surface area contributed by atoms with Crippen molar-refractivity contribution in [3.05, 3.63) is 35.3 Å². The van der Waals surface area contributed by atoms with Crippen LogP contribution in [0.1, 0.15) is 21.6 Å². The van der Waals surface area contributed by atoms with Gasteiger partial charge in [0, 0.05) is 12.4 Å². The number of hydrogen-bond acceptors (Lipinski definition) is 2. The van der Waals surface area contributed by atoms with E-state index in [1.165, 1.54) is 0 Å². The topological polar surface area (TPSA) is 54.6 Å². The van der Waals surface area contributed by atoms with Gasteiger partial charge in [-0.1, -0.05) is 0 Å². The average molecular weight is 190 g/mol. The summed E-state index contributed by atoms with van der Waals surface area (Å²) in [4.78, 5) is 15.1. The van der Waals surface area contributed by atoms with Gasteiger partial charge in [-0.25, -0.2) is 9.78 Å². The first-order valence-electron chi connectivity index (χ1n) is 4.27. The van der Waals surface area contributed by atoms with Crippen LogP contribution in [0.15, 0.2) is 18.5 Å². The van der Waals surface area contributed by atoms with Crippen LogP contribution in [0.2, 0.25) is 0 Å². The predicted octanol–water partition coefficient (Wildman–Crippen LogP) is 1.65. The molecule has 0 spiro atoms. The summed E-state index contributed by atoms with van der Waals surface area (Å²) in [6.07, 6.45) is 3.68. The van der Waals surface area contributed by atoms with Gasteiger partial charge < -0.3 is 9.51 Å². The molecule has 4 nitrogen and oxygen atoms in total. The highest BCUT2D eigenvalue weighted by molar-refractivity contribution is 5.94. The van der Waals surface area contributed by atoms with Crippen molar-refractivity contribution in [2.45, 2.75) is 13.8 Å². The van der Waals surface area contributed by atoms with Gasteiger partial charge in [0.25, 0.3) is 0 Å². The van der Waals surface area contributed by atoms with Gasteiger partial charge in [0.15, 0.2) is 5.65 Å². The molecule has 0 aromatic carbocycles. The normalized spacial score (nSPS) is 10.7. The maximum Gasteiger partial charge on any atom is 0.339 e. The third-order valence-corrected chi connectivity index (χ3v) is 2.04. The fraction of sp³-hybridized carbons (Fsp3) is 0.200. The van der Waals surface area contributed by atoms with E-state index in [0.29, 0.717) is 5.65 Å². The third kappa shape index (κ3) is 1.25. The molecule has 0 saturated carbocycles. The molecule has 0 radical (unpaired) electrons. The van der Waals surface area contributed by atoms with Crippen LogP contribution < -0.4 is 0 Å². The van der Waals surface area contributed by atoms with Crippen LogP contribution in [0, 0.1) is 13.8 Å². The van der Waals surface area contributed by atoms with Crippen LogP contribution in [0.4, 0.5) is 0 Å². The maximum absolute atomic E-state index is 10.9. The largest absolute Gasteiger partial charge is 0.478 e. The Morgan fingerprint density at radius 3 is 2.79 bits per heavy atom. The highest BCUT2D eigenvalue weighted by Crippen LogP contribution is 2.13. The van der Waals surface area contributed by atoms with Crippen molar-refractivity contribution in [3.63, 3.8) is 0 Å². The molecule has 0 unspecified atom stereocenters. The number of aromatic nitrogens is 2. The van der Waals surface area contributed by atoms with Gasteiger partial charge in [0.2, 0.25) is 0 Å². The monoisotopic (exact) mass is 190 g/mol. The average Bonchev–Trinajstić information content (AvgIpc) is 2.42. The number of nitrogens with zero attached hydrogens (tertiary/aromatic N) is 2. The summed E-state index contributed by atoms with van der Waals surface area (Å²) >= 11 is 0. The molecule has 1 N–H and O–H groups in total. The number of fused-ring (bicyclic) bond motifs is 1. The van der Waals surface area contributed by atoms with Gasteiger partial charge in [0.1, 0.15) is 5.56 Å². The summed E-state index contributed by atoms with van der Waals surface area (Å²) in [7, 11) is 0. The smallest absolute Gasteiger partial charge is 0.339 e. The van der Waals surface area contributed by atoms with Gasteiger partial charge >= 0.3 is 5.97 Å². The summed E-state index contributed by atoms with van der Waals surface area (Å²) in [6.45, 7) is 3.70. The Bertz CT molecular complexity index is 514. The van der Waals surface area contributed by atoms with E-state index in [1.807, 2.05) is 26.2 Å². The number of carboxylic acids is 1. The van der Waals surface area contributed by atoms with E-state index in [4.69, 9.17) is 5.11 Å². The number of hydrogen-bond donors (Lipinski definition) is 1. The van der Waals surface area contributed by atoms with Crippen molar-refractivity contribution in [3.8, 4) is 0 Å². The van der Waals surface area contributed by atoms with Crippen molar-refractivity contribution in [1.29, 1.82) is 0 Å². The molecule has 0 aliphatic rings. The minimum Gasteiger partial charge on any atom is -0.478 e. The molecule has 2 aromatic heterocycles. The lowest BCUT2D eigenvalue weighted by Crippen LogP contribution is -2.01. The van der Waals surface area contributed by atoms with Gasteiger partial charge in [0.05, 0.1) is 5.69 Å². The number of pyridine rings is 1. The molecule has 2 aromatic rings. The van der Waals surface area contributed by atoms with Crippen LogP contribution >= 0.6 is 0 Å². The first-order chi connectivity index (χ1) is 6.58. The minimum atomic E-state index is -0.940. The second-order valence-electron chi connectivity index (χ2n) is 3.35. The summed E-state index contributed by atoms with van der Waals surface area (Å²) in [5.41, 5.74) is 2.48. The van der Waals surface area contributed by atoms with E-state index in [2.05, 4.69) is 4.98 Å². The standard InChI is InChI=1S/C10H10N2O2/c1-6-3-8(10(13)14)9-11-7(2)5-12(9)4-6/h3-5H,1-2H3,(H,13,14). The fourth-order valence-corrected chi connectivity index (χ4v) is 1.52. The van der Waals surface area contributed by atoms with Crippen LogP contribution in [-0.4, -0.2) is 20.5 Å². The molecule has 0 aliphatic heterocycles. The first-order valence-corrected chi connectivity index (χ1v) is 4.27. The van der Waals surface area contributed by atoms with E-state index in [0.717, 1.165) is 11.3 Å². The predicted molar refractivity (Wildman–Crippen MR) is 51.6 cm³/mol. The first kappa shape index (κ1) is 8.74. The highest BCUT2D eigenvalue weighted by atomic mass is 16.4. The summed E-state index contributed by atoms with van der Waals surface area (Å²) in [6, 6.07) is 1.63. The SMILES string of the molecule is Cc1cc(C(=O)O)c2nc(C)cn2c1. The van der Waals surface area contributed by atoms with E-state index >= 15 is 0 Å². The molecule has 72 valence electrons. The van der Waals surface area contributed by atoms with E-state index < -0.39 is 5.97 Å². The second-order valence-corrected chi connectivity index (χ2v) is 3.35. The molecule has 4 heteroatoms. The molecule has 2 rings (SSSR count). The number of aromatic carboxylic acids is 1. The van der Waals surface area contributed by atoms with Crippen molar-refractivity contribution in [2.24, 2.45) is 0 Å². The lowest BCUT2D eigenvalue weighted by atomic mass is 10.2. The van der Waals surface area contributed by atoms with Crippen LogP contribution in [0.25, 0.3) is 5.65 Å². The van der Waals surface area contributed by atoms with Crippen molar-refractivity contribution in [2.75, 3.05) is 0 Å². The molecule has 0 amide bonds. The minimum absolute atomic E-state index is 0.248. The Kier molecular flexibility index (Phi) is 1.77. The maximum atomic E-state index is 10.9. The Labute approximate surface area is 80.8 Å². The highest BCUT2D eigenvalue weighted by Gasteiger charge is 2.11. The van der Waals surface area contributed by atoms with Crippen molar-refractivity contribution in [1.82, 2.24) is 9.38 Å². The molecule has 0 saturated heterocycles. The van der Waals surface area contributed by atoms with Gasteiger partial charge in [-0.3, -0.25) is 0 Å². The van der Waals surface area contributed by atoms with Gasteiger partial charge in [-0.2, -0.15) is 0 Å². The Morgan fingerprint density at radius 1 is 1.43 bits per heavy atom. The molecule has 14 heavy (non-hydrogen) atoms. The molecule has 0 bridgehead atoms. The zero-order chi connectivity index (χ0) is 10.3. The summed E-state index contributed by atoms with van der Waals surface area (Å²) < 4.78 is 1.74. The number of carboxylic acid groups (broad SMARTS) is 1. The number of aryl methyl sites for hydroxylation is 2. The Morgan fingerprint density at radius 2 is 2.14 bits per heavy atom. The van der Waals surface area contributed by atoms with Crippen molar-refractivity contribution < 1.29 is 9.90 Å². The van der Waals surface area contributed by atoms with E-state index in [-0.39, 0.29) is 5.56 Å². The summed E-state index contributed by atoms with van der Waals surface area (Å²) in [5, 5.41) is 8.96. The van der Waals surface area contributed by atoms with Crippen LogP contribution in [-0.2, 0) is 0 Å². The van der Waals surface area contributed by atoms with Crippen LogP contribution in [0.5, 0.6) is 0 Å². The van der Waals surface area contributed by atoms with Crippen molar-refractivity contribution >= 4 is 11.6 Å². The molecule has 2 heterocycles. The van der Waals surface area contributed by atoms with E-state index in [9.17, 15) is 4.79 Å². The van der Waals surface area contributed by atoms with Gasteiger partial charge in [-0.05, 0) is 25.5 Å². The lowest BCUT2D eigenvalue weighted by molar-refractivity contribution is 0.0698. The molecular weight excluding hydrogens is 180 g/mol. The molecule has 0 aliphatic carbocycles. The Hall–Kier alpha value is -1.84. The summed E-state index contributed by atoms with van der Waals surface area (Å²) in [5.74, 6) is -0.940. The lowest BCUT2D eigenvalue weighted by Gasteiger charge is -2.00. The second kappa shape index (κ2) is 2.83.